The van der Waals surface area contributed by atoms with Gasteiger partial charge in [-0.05, 0) is 31.9 Å². The molecule has 1 aliphatic heterocycles. The summed E-state index contributed by atoms with van der Waals surface area (Å²) in [7, 11) is 1.72. The molecule has 98 valence electrons. The number of rotatable bonds is 3. The Morgan fingerprint density at radius 3 is 2.94 bits per heavy atom. The molecule has 1 aliphatic rings. The first-order chi connectivity index (χ1) is 8.61. The molecule has 2 rings (SSSR count). The number of aryl methyl sites for hydroxylation is 1. The quantitative estimate of drug-likeness (QED) is 0.884. The number of carboxylic acid groups (broad SMARTS) is 1. The van der Waals surface area contributed by atoms with Crippen molar-refractivity contribution in [2.75, 3.05) is 25.1 Å². The molecule has 1 N–H and O–H groups in total. The van der Waals surface area contributed by atoms with Crippen molar-refractivity contribution < 1.29 is 14.6 Å². The van der Waals surface area contributed by atoms with Crippen LogP contribution in [0.5, 0.6) is 0 Å². The molecule has 0 aliphatic carbocycles. The van der Waals surface area contributed by atoms with Crippen molar-refractivity contribution in [2.45, 2.75) is 25.9 Å². The Labute approximate surface area is 106 Å². The lowest BCUT2D eigenvalue weighted by Crippen LogP contribution is -2.39. The second-order valence-electron chi connectivity index (χ2n) is 4.55. The predicted molar refractivity (Wildman–Crippen MR) is 68.2 cm³/mol. The van der Waals surface area contributed by atoms with Crippen molar-refractivity contribution in [2.24, 2.45) is 0 Å². The monoisotopic (exact) mass is 250 g/mol. The summed E-state index contributed by atoms with van der Waals surface area (Å²) in [5.74, 6) is -0.0980. The van der Waals surface area contributed by atoms with E-state index in [1.807, 2.05) is 0 Å². The summed E-state index contributed by atoms with van der Waals surface area (Å²) < 4.78 is 5.37. The van der Waals surface area contributed by atoms with Gasteiger partial charge in [-0.25, -0.2) is 9.78 Å². The third-order valence-electron chi connectivity index (χ3n) is 3.34. The number of nitrogens with zero attached hydrogens (tertiary/aromatic N) is 2. The minimum Gasteiger partial charge on any atom is -0.478 e. The number of methoxy groups -OCH3 is 1. The minimum absolute atomic E-state index is 0.236. The summed E-state index contributed by atoms with van der Waals surface area (Å²) >= 11 is 0. The number of anilines is 1. The molecule has 1 aromatic heterocycles. The number of piperidine rings is 1. The summed E-state index contributed by atoms with van der Waals surface area (Å²) in [4.78, 5) is 17.5. The van der Waals surface area contributed by atoms with E-state index in [4.69, 9.17) is 9.84 Å². The van der Waals surface area contributed by atoms with E-state index < -0.39 is 5.97 Å². The van der Waals surface area contributed by atoms with E-state index in [0.717, 1.165) is 31.7 Å². The molecular weight excluding hydrogens is 232 g/mol. The van der Waals surface area contributed by atoms with Gasteiger partial charge in [0.1, 0.15) is 5.82 Å². The van der Waals surface area contributed by atoms with Crippen LogP contribution in [0.15, 0.2) is 12.1 Å². The highest BCUT2D eigenvalue weighted by molar-refractivity contribution is 5.89. The molecule has 1 saturated heterocycles. The van der Waals surface area contributed by atoms with Gasteiger partial charge in [0.25, 0.3) is 0 Å². The number of aromatic nitrogens is 1. The van der Waals surface area contributed by atoms with Gasteiger partial charge in [-0.2, -0.15) is 0 Å². The first-order valence-electron chi connectivity index (χ1n) is 6.10. The van der Waals surface area contributed by atoms with E-state index in [1.165, 1.54) is 0 Å². The molecule has 0 saturated carbocycles. The van der Waals surface area contributed by atoms with E-state index in [0.29, 0.717) is 5.69 Å². The molecule has 2 heterocycles. The summed E-state index contributed by atoms with van der Waals surface area (Å²) in [5.41, 5.74) is 0.818. The summed E-state index contributed by atoms with van der Waals surface area (Å²) in [6.07, 6.45) is 2.37. The Morgan fingerprint density at radius 2 is 2.33 bits per heavy atom. The third kappa shape index (κ3) is 2.61. The summed E-state index contributed by atoms with van der Waals surface area (Å²) in [6, 6.07) is 3.39. The first kappa shape index (κ1) is 12.8. The molecule has 18 heavy (non-hydrogen) atoms. The second-order valence-corrected chi connectivity index (χ2v) is 4.55. The maximum Gasteiger partial charge on any atom is 0.337 e. The predicted octanol–water partition coefficient (Wildman–Crippen LogP) is 1.70. The van der Waals surface area contributed by atoms with Crippen LogP contribution in [0.2, 0.25) is 0 Å². The number of ether oxygens (including phenoxy) is 1. The molecule has 1 unspecified atom stereocenters. The van der Waals surface area contributed by atoms with Crippen LogP contribution >= 0.6 is 0 Å². The number of hydrogen-bond acceptors (Lipinski definition) is 4. The molecule has 0 radical (unpaired) electrons. The lowest BCUT2D eigenvalue weighted by atomic mass is 10.1. The molecule has 0 bridgehead atoms. The van der Waals surface area contributed by atoms with Crippen molar-refractivity contribution in [3.63, 3.8) is 0 Å². The fraction of sp³-hybridized carbons (Fsp3) is 0.538. The van der Waals surface area contributed by atoms with Gasteiger partial charge in [0.15, 0.2) is 0 Å². The first-order valence-corrected chi connectivity index (χ1v) is 6.10. The Bertz CT molecular complexity index is 448. The van der Waals surface area contributed by atoms with Crippen LogP contribution in [0, 0.1) is 6.92 Å². The van der Waals surface area contributed by atoms with Gasteiger partial charge < -0.3 is 14.7 Å². The molecule has 1 fully saturated rings. The van der Waals surface area contributed by atoms with Crippen molar-refractivity contribution in [3.8, 4) is 0 Å². The van der Waals surface area contributed by atoms with Gasteiger partial charge in [0, 0.05) is 20.2 Å². The Morgan fingerprint density at radius 1 is 1.56 bits per heavy atom. The number of aromatic carboxylic acids is 1. The van der Waals surface area contributed by atoms with Gasteiger partial charge in [0.2, 0.25) is 0 Å². The van der Waals surface area contributed by atoms with Crippen LogP contribution in [0.3, 0.4) is 0 Å². The zero-order chi connectivity index (χ0) is 13.1. The molecule has 0 amide bonds. The summed E-state index contributed by atoms with van der Waals surface area (Å²) in [5, 5.41) is 8.97. The number of pyridine rings is 1. The average molecular weight is 250 g/mol. The molecule has 0 spiro atoms. The number of carboxylic acids is 1. The summed E-state index contributed by atoms with van der Waals surface area (Å²) in [6.45, 7) is 3.48. The fourth-order valence-corrected chi connectivity index (χ4v) is 2.29. The molecular formula is C13H18N2O3. The van der Waals surface area contributed by atoms with Crippen LogP contribution in [-0.4, -0.2) is 42.4 Å². The topological polar surface area (TPSA) is 62.7 Å². The third-order valence-corrected chi connectivity index (χ3v) is 3.34. The van der Waals surface area contributed by atoms with Crippen LogP contribution < -0.4 is 4.90 Å². The van der Waals surface area contributed by atoms with Crippen molar-refractivity contribution >= 4 is 11.8 Å². The zero-order valence-corrected chi connectivity index (χ0v) is 10.7. The molecule has 1 atom stereocenters. The second kappa shape index (κ2) is 5.35. The van der Waals surface area contributed by atoms with Crippen molar-refractivity contribution in [3.05, 3.63) is 23.4 Å². The van der Waals surface area contributed by atoms with Crippen LogP contribution in [0.4, 0.5) is 5.82 Å². The highest BCUT2D eigenvalue weighted by atomic mass is 16.5. The molecule has 5 heteroatoms. The fourth-order valence-electron chi connectivity index (χ4n) is 2.29. The highest BCUT2D eigenvalue weighted by Crippen LogP contribution is 2.20. The molecule has 1 aromatic rings. The Hall–Kier alpha value is -1.62. The van der Waals surface area contributed by atoms with Gasteiger partial charge in [-0.3, -0.25) is 0 Å². The Kier molecular flexibility index (Phi) is 3.81. The Balaban J connectivity index is 2.18. The van der Waals surface area contributed by atoms with E-state index in [2.05, 4.69) is 9.88 Å². The van der Waals surface area contributed by atoms with Gasteiger partial charge in [0.05, 0.1) is 17.4 Å². The smallest absolute Gasteiger partial charge is 0.337 e. The molecule has 0 aromatic carbocycles. The normalized spacial score (nSPS) is 19.9. The standard InChI is InChI=1S/C13H18N2O3/c1-9-11(13(16)17)5-6-12(14-9)15-7-3-4-10(8-15)18-2/h5-6,10H,3-4,7-8H2,1-2H3,(H,16,17). The average Bonchev–Trinajstić information content (AvgIpc) is 2.38. The molecule has 5 nitrogen and oxygen atoms in total. The van der Waals surface area contributed by atoms with Gasteiger partial charge in [-0.15, -0.1) is 0 Å². The minimum atomic E-state index is -0.931. The van der Waals surface area contributed by atoms with Gasteiger partial charge >= 0.3 is 5.97 Å². The van der Waals surface area contributed by atoms with Gasteiger partial charge in [-0.1, -0.05) is 0 Å². The van der Waals surface area contributed by atoms with E-state index in [-0.39, 0.29) is 11.7 Å². The SMILES string of the molecule is COC1CCCN(c2ccc(C(=O)O)c(C)n2)C1. The highest BCUT2D eigenvalue weighted by Gasteiger charge is 2.21. The van der Waals surface area contributed by atoms with Crippen molar-refractivity contribution in [1.82, 2.24) is 4.98 Å². The largest absolute Gasteiger partial charge is 0.478 e. The number of carbonyl (C=O) groups is 1. The maximum atomic E-state index is 10.9. The lowest BCUT2D eigenvalue weighted by molar-refractivity contribution is 0.0695. The van der Waals surface area contributed by atoms with Crippen molar-refractivity contribution in [1.29, 1.82) is 0 Å². The van der Waals surface area contributed by atoms with Crippen LogP contribution in [0.1, 0.15) is 28.9 Å². The zero-order valence-electron chi connectivity index (χ0n) is 10.7. The van der Waals surface area contributed by atoms with E-state index in [1.54, 1.807) is 26.2 Å². The maximum absolute atomic E-state index is 10.9. The van der Waals surface area contributed by atoms with Crippen LogP contribution in [-0.2, 0) is 4.74 Å². The van der Waals surface area contributed by atoms with E-state index in [9.17, 15) is 4.79 Å². The number of hydrogen-bond donors (Lipinski definition) is 1. The van der Waals surface area contributed by atoms with Crippen LogP contribution in [0.25, 0.3) is 0 Å². The lowest BCUT2D eigenvalue weighted by Gasteiger charge is -2.33. The van der Waals surface area contributed by atoms with E-state index >= 15 is 0 Å².